The van der Waals surface area contributed by atoms with Crippen molar-refractivity contribution in [2.75, 3.05) is 39.5 Å². The standard InChI is InChI=1S/C18H25N3O4S/c1-13-4-6-14(7-5-13)17-15(12-16(22)19(17)2)18(23)20-8-10-21(11-9-20)26(3,24)25/h4-7,15,17H,8-12H2,1-3H3/t15-,17+/m0/s1. The summed E-state index contributed by atoms with van der Waals surface area (Å²) in [6.07, 6.45) is 1.38. The third-order valence-corrected chi connectivity index (χ3v) is 6.64. The summed E-state index contributed by atoms with van der Waals surface area (Å²) >= 11 is 0. The van der Waals surface area contributed by atoms with Gasteiger partial charge in [0.15, 0.2) is 0 Å². The minimum absolute atomic E-state index is 0.0382. The second kappa shape index (κ2) is 7.00. The number of hydrogen-bond acceptors (Lipinski definition) is 4. The monoisotopic (exact) mass is 379 g/mol. The van der Waals surface area contributed by atoms with E-state index in [2.05, 4.69) is 0 Å². The van der Waals surface area contributed by atoms with E-state index in [0.29, 0.717) is 26.2 Å². The zero-order chi connectivity index (χ0) is 19.1. The smallest absolute Gasteiger partial charge is 0.228 e. The molecule has 2 heterocycles. The van der Waals surface area contributed by atoms with Gasteiger partial charge in [-0.1, -0.05) is 29.8 Å². The van der Waals surface area contributed by atoms with Crippen LogP contribution >= 0.6 is 0 Å². The van der Waals surface area contributed by atoms with Crippen LogP contribution in [0.25, 0.3) is 0 Å². The molecule has 2 fully saturated rings. The lowest BCUT2D eigenvalue weighted by Crippen LogP contribution is -2.52. The SMILES string of the molecule is Cc1ccc([C@@H]2[C@@H](C(=O)N3CCN(S(C)(=O)=O)CC3)CC(=O)N2C)cc1. The Labute approximate surface area is 154 Å². The van der Waals surface area contributed by atoms with Crippen molar-refractivity contribution in [3.05, 3.63) is 35.4 Å². The Morgan fingerprint density at radius 1 is 1.08 bits per heavy atom. The van der Waals surface area contributed by atoms with Crippen molar-refractivity contribution in [1.29, 1.82) is 0 Å². The summed E-state index contributed by atoms with van der Waals surface area (Å²) in [5.41, 5.74) is 2.08. The average molecular weight is 379 g/mol. The second-order valence-electron chi connectivity index (χ2n) is 7.16. The maximum atomic E-state index is 13.1. The molecule has 0 bridgehead atoms. The van der Waals surface area contributed by atoms with Crippen molar-refractivity contribution < 1.29 is 18.0 Å². The molecule has 0 aliphatic carbocycles. The lowest BCUT2D eigenvalue weighted by atomic mass is 9.91. The van der Waals surface area contributed by atoms with Crippen LogP contribution in [0.5, 0.6) is 0 Å². The van der Waals surface area contributed by atoms with Gasteiger partial charge in [0.25, 0.3) is 0 Å². The number of piperazine rings is 1. The molecule has 2 aliphatic rings. The number of amides is 2. The fraction of sp³-hybridized carbons (Fsp3) is 0.556. The van der Waals surface area contributed by atoms with Crippen LogP contribution in [0.3, 0.4) is 0 Å². The molecule has 2 saturated heterocycles. The molecule has 3 rings (SSSR count). The molecule has 2 aliphatic heterocycles. The van der Waals surface area contributed by atoms with E-state index in [-0.39, 0.29) is 24.3 Å². The van der Waals surface area contributed by atoms with Crippen molar-refractivity contribution >= 4 is 21.8 Å². The highest BCUT2D eigenvalue weighted by Crippen LogP contribution is 2.38. The highest BCUT2D eigenvalue weighted by Gasteiger charge is 2.44. The van der Waals surface area contributed by atoms with Gasteiger partial charge in [0, 0.05) is 39.6 Å². The van der Waals surface area contributed by atoms with Gasteiger partial charge in [0.05, 0.1) is 18.2 Å². The summed E-state index contributed by atoms with van der Waals surface area (Å²) in [6, 6.07) is 7.63. The van der Waals surface area contributed by atoms with Gasteiger partial charge >= 0.3 is 0 Å². The number of carbonyl (C=O) groups excluding carboxylic acids is 2. The van der Waals surface area contributed by atoms with E-state index in [1.807, 2.05) is 31.2 Å². The van der Waals surface area contributed by atoms with Gasteiger partial charge in [-0.2, -0.15) is 4.31 Å². The largest absolute Gasteiger partial charge is 0.340 e. The molecule has 0 unspecified atom stereocenters. The van der Waals surface area contributed by atoms with Crippen molar-refractivity contribution in [3.63, 3.8) is 0 Å². The van der Waals surface area contributed by atoms with Crippen molar-refractivity contribution in [2.45, 2.75) is 19.4 Å². The summed E-state index contributed by atoms with van der Waals surface area (Å²) in [5.74, 6) is -0.537. The van der Waals surface area contributed by atoms with Gasteiger partial charge in [-0.25, -0.2) is 8.42 Å². The molecule has 1 aromatic carbocycles. The second-order valence-corrected chi connectivity index (χ2v) is 9.14. The van der Waals surface area contributed by atoms with E-state index in [9.17, 15) is 18.0 Å². The first kappa shape index (κ1) is 18.8. The normalized spacial score (nSPS) is 25.0. The van der Waals surface area contributed by atoms with Crippen LogP contribution in [0.4, 0.5) is 0 Å². The van der Waals surface area contributed by atoms with E-state index in [0.717, 1.165) is 11.1 Å². The van der Waals surface area contributed by atoms with Crippen LogP contribution in [-0.4, -0.2) is 73.8 Å². The molecule has 2 amide bonds. The number of aryl methyl sites for hydroxylation is 1. The molecule has 0 saturated carbocycles. The van der Waals surface area contributed by atoms with Crippen molar-refractivity contribution in [2.24, 2.45) is 5.92 Å². The molecule has 7 nitrogen and oxygen atoms in total. The quantitative estimate of drug-likeness (QED) is 0.771. The van der Waals surface area contributed by atoms with E-state index < -0.39 is 15.9 Å². The zero-order valence-electron chi connectivity index (χ0n) is 15.4. The first-order valence-corrected chi connectivity index (χ1v) is 10.6. The van der Waals surface area contributed by atoms with E-state index in [1.54, 1.807) is 16.8 Å². The summed E-state index contributed by atoms with van der Waals surface area (Å²) in [7, 11) is -1.50. The van der Waals surface area contributed by atoms with Crippen molar-refractivity contribution in [1.82, 2.24) is 14.1 Å². The zero-order valence-corrected chi connectivity index (χ0v) is 16.2. The molecule has 0 N–H and O–H groups in total. The minimum Gasteiger partial charge on any atom is -0.340 e. The third kappa shape index (κ3) is 3.61. The Morgan fingerprint density at radius 2 is 1.65 bits per heavy atom. The topological polar surface area (TPSA) is 78.0 Å². The molecular formula is C18H25N3O4S. The number of carbonyl (C=O) groups is 2. The lowest BCUT2D eigenvalue weighted by Gasteiger charge is -2.36. The number of hydrogen-bond donors (Lipinski definition) is 0. The number of benzene rings is 1. The van der Waals surface area contributed by atoms with Gasteiger partial charge in [-0.15, -0.1) is 0 Å². The van der Waals surface area contributed by atoms with Crippen molar-refractivity contribution in [3.8, 4) is 0 Å². The van der Waals surface area contributed by atoms with Crippen LogP contribution in [-0.2, 0) is 19.6 Å². The summed E-state index contributed by atoms with van der Waals surface area (Å²) in [6.45, 7) is 3.33. The van der Waals surface area contributed by atoms with Gasteiger partial charge in [0.1, 0.15) is 0 Å². The summed E-state index contributed by atoms with van der Waals surface area (Å²) < 4.78 is 24.7. The highest BCUT2D eigenvalue weighted by atomic mass is 32.2. The Balaban J connectivity index is 1.77. The predicted molar refractivity (Wildman–Crippen MR) is 97.8 cm³/mol. The fourth-order valence-electron chi connectivity index (χ4n) is 3.79. The highest BCUT2D eigenvalue weighted by molar-refractivity contribution is 7.88. The first-order chi connectivity index (χ1) is 12.2. The molecule has 1 aromatic rings. The molecule has 0 radical (unpaired) electrons. The summed E-state index contributed by atoms with van der Waals surface area (Å²) in [5, 5.41) is 0. The average Bonchev–Trinajstić information content (AvgIpc) is 2.90. The van der Waals surface area contributed by atoms with Gasteiger partial charge in [-0.05, 0) is 12.5 Å². The van der Waals surface area contributed by atoms with Gasteiger partial charge < -0.3 is 9.80 Å². The lowest BCUT2D eigenvalue weighted by molar-refractivity contribution is -0.137. The Morgan fingerprint density at radius 3 is 2.19 bits per heavy atom. The number of nitrogens with zero attached hydrogens (tertiary/aromatic N) is 3. The number of sulfonamides is 1. The molecule has 0 aromatic heterocycles. The van der Waals surface area contributed by atoms with Gasteiger partial charge in [0.2, 0.25) is 21.8 Å². The molecule has 2 atom stereocenters. The van der Waals surface area contributed by atoms with Crippen LogP contribution in [0, 0.1) is 12.8 Å². The Bertz CT molecular complexity index is 798. The molecule has 142 valence electrons. The maximum Gasteiger partial charge on any atom is 0.228 e. The Hall–Kier alpha value is -1.93. The molecule has 0 spiro atoms. The van der Waals surface area contributed by atoms with Crippen LogP contribution in [0.2, 0.25) is 0 Å². The predicted octanol–water partition coefficient (Wildman–Crippen LogP) is 0.618. The van der Waals surface area contributed by atoms with Crippen LogP contribution < -0.4 is 0 Å². The molecule has 8 heteroatoms. The Kier molecular flexibility index (Phi) is 5.07. The maximum absolute atomic E-state index is 13.1. The number of likely N-dealkylation sites (tertiary alicyclic amines) is 1. The van der Waals surface area contributed by atoms with Gasteiger partial charge in [-0.3, -0.25) is 9.59 Å². The molecule has 26 heavy (non-hydrogen) atoms. The van der Waals surface area contributed by atoms with Crippen LogP contribution in [0.1, 0.15) is 23.6 Å². The van der Waals surface area contributed by atoms with E-state index in [4.69, 9.17) is 0 Å². The molecular weight excluding hydrogens is 354 g/mol. The fourth-order valence-corrected chi connectivity index (χ4v) is 4.61. The summed E-state index contributed by atoms with van der Waals surface area (Å²) in [4.78, 5) is 28.7. The van der Waals surface area contributed by atoms with Crippen LogP contribution in [0.15, 0.2) is 24.3 Å². The number of rotatable bonds is 3. The van der Waals surface area contributed by atoms with E-state index >= 15 is 0 Å². The third-order valence-electron chi connectivity index (χ3n) is 5.34. The first-order valence-electron chi connectivity index (χ1n) is 8.74. The van der Waals surface area contributed by atoms with E-state index in [1.165, 1.54) is 10.6 Å². The minimum atomic E-state index is -3.24.